The maximum absolute atomic E-state index is 4.83. The van der Waals surface area contributed by atoms with Crippen LogP contribution in [0.3, 0.4) is 0 Å². The number of rotatable bonds is 3. The predicted molar refractivity (Wildman–Crippen MR) is 108 cm³/mol. The number of nitrogens with zero attached hydrogens (tertiary/aromatic N) is 9. The molecular formula is C19H25N9. The fraction of sp³-hybridized carbons (Fsp3) is 0.526. The highest BCUT2D eigenvalue weighted by Crippen LogP contribution is 2.25. The summed E-state index contributed by atoms with van der Waals surface area (Å²) >= 11 is 0. The molecule has 0 bridgehead atoms. The summed E-state index contributed by atoms with van der Waals surface area (Å²) in [4.78, 5) is 25.1. The molecule has 5 heterocycles. The molecule has 0 radical (unpaired) electrons. The molecule has 2 fully saturated rings. The van der Waals surface area contributed by atoms with E-state index >= 15 is 0 Å². The van der Waals surface area contributed by atoms with Crippen molar-refractivity contribution in [3.8, 4) is 0 Å². The highest BCUT2D eigenvalue weighted by atomic mass is 15.4. The van der Waals surface area contributed by atoms with Gasteiger partial charge in [-0.1, -0.05) is 0 Å². The molecule has 3 aromatic heterocycles. The number of anilines is 3. The Morgan fingerprint density at radius 3 is 2.36 bits per heavy atom. The van der Waals surface area contributed by atoms with Crippen molar-refractivity contribution in [1.29, 1.82) is 0 Å². The zero-order valence-electron chi connectivity index (χ0n) is 16.4. The van der Waals surface area contributed by atoms with Gasteiger partial charge in [-0.3, -0.25) is 0 Å². The van der Waals surface area contributed by atoms with Crippen molar-refractivity contribution in [1.82, 2.24) is 29.5 Å². The van der Waals surface area contributed by atoms with Gasteiger partial charge in [-0.2, -0.15) is 19.6 Å². The SMILES string of the molecule is Cc1nc2ncnn2c(N2CCN(c3ccnc(N4CCCC4)n3)CC2)c1C. The topological polar surface area (TPSA) is 78.6 Å². The lowest BCUT2D eigenvalue weighted by atomic mass is 10.2. The van der Waals surface area contributed by atoms with Gasteiger partial charge in [0, 0.05) is 56.7 Å². The molecule has 5 rings (SSSR count). The number of aryl methyl sites for hydroxylation is 1. The van der Waals surface area contributed by atoms with Crippen LogP contribution >= 0.6 is 0 Å². The average Bonchev–Trinajstić information content (AvgIpc) is 3.41. The van der Waals surface area contributed by atoms with Crippen molar-refractivity contribution >= 4 is 23.4 Å². The monoisotopic (exact) mass is 379 g/mol. The molecule has 0 unspecified atom stereocenters. The van der Waals surface area contributed by atoms with E-state index in [0.29, 0.717) is 5.78 Å². The summed E-state index contributed by atoms with van der Waals surface area (Å²) in [5, 5.41) is 4.39. The molecule has 0 aromatic carbocycles. The van der Waals surface area contributed by atoms with Gasteiger partial charge in [-0.15, -0.1) is 0 Å². The summed E-state index contributed by atoms with van der Waals surface area (Å²) in [6.07, 6.45) is 5.92. The van der Waals surface area contributed by atoms with Crippen molar-refractivity contribution in [2.24, 2.45) is 0 Å². The third-order valence-electron chi connectivity index (χ3n) is 5.80. The van der Waals surface area contributed by atoms with Crippen molar-refractivity contribution in [3.05, 3.63) is 29.8 Å². The lowest BCUT2D eigenvalue weighted by Gasteiger charge is -2.37. The molecule has 0 atom stereocenters. The smallest absolute Gasteiger partial charge is 0.254 e. The Morgan fingerprint density at radius 2 is 1.57 bits per heavy atom. The fourth-order valence-electron chi connectivity index (χ4n) is 4.12. The van der Waals surface area contributed by atoms with E-state index in [1.807, 2.05) is 23.7 Å². The summed E-state index contributed by atoms with van der Waals surface area (Å²) in [6, 6.07) is 2.02. The minimum absolute atomic E-state index is 0.659. The van der Waals surface area contributed by atoms with Crippen molar-refractivity contribution in [2.45, 2.75) is 26.7 Å². The van der Waals surface area contributed by atoms with Crippen LogP contribution in [-0.2, 0) is 0 Å². The second-order valence-electron chi connectivity index (χ2n) is 7.50. The first-order valence-electron chi connectivity index (χ1n) is 9.95. The van der Waals surface area contributed by atoms with Gasteiger partial charge < -0.3 is 14.7 Å². The zero-order valence-corrected chi connectivity index (χ0v) is 16.4. The first kappa shape index (κ1) is 17.2. The van der Waals surface area contributed by atoms with E-state index in [2.05, 4.69) is 41.7 Å². The number of piperazine rings is 1. The average molecular weight is 379 g/mol. The lowest BCUT2D eigenvalue weighted by Crippen LogP contribution is -2.47. The van der Waals surface area contributed by atoms with Crippen LogP contribution in [0.15, 0.2) is 18.6 Å². The van der Waals surface area contributed by atoms with Crippen LogP contribution in [0, 0.1) is 13.8 Å². The Morgan fingerprint density at radius 1 is 0.821 bits per heavy atom. The van der Waals surface area contributed by atoms with Crippen molar-refractivity contribution < 1.29 is 0 Å². The maximum atomic E-state index is 4.83. The van der Waals surface area contributed by atoms with Gasteiger partial charge in [0.25, 0.3) is 5.78 Å². The summed E-state index contributed by atoms with van der Waals surface area (Å²) in [6.45, 7) is 9.89. The van der Waals surface area contributed by atoms with Crippen LogP contribution in [-0.4, -0.2) is 68.8 Å². The largest absolute Gasteiger partial charge is 0.353 e. The van der Waals surface area contributed by atoms with E-state index in [0.717, 1.165) is 68.1 Å². The summed E-state index contributed by atoms with van der Waals surface area (Å²) < 4.78 is 1.86. The minimum atomic E-state index is 0.659. The number of aromatic nitrogens is 6. The number of hydrogen-bond donors (Lipinski definition) is 0. The van der Waals surface area contributed by atoms with E-state index in [-0.39, 0.29) is 0 Å². The molecule has 0 saturated carbocycles. The van der Waals surface area contributed by atoms with Gasteiger partial charge in [0.05, 0.1) is 0 Å². The first-order valence-corrected chi connectivity index (χ1v) is 9.95. The van der Waals surface area contributed by atoms with Crippen LogP contribution in [0.5, 0.6) is 0 Å². The number of fused-ring (bicyclic) bond motifs is 1. The van der Waals surface area contributed by atoms with Crippen LogP contribution in [0.2, 0.25) is 0 Å². The molecule has 28 heavy (non-hydrogen) atoms. The standard InChI is InChI=1S/C19H25N9/c1-14-15(2)23-19-21-13-22-28(19)17(14)26-11-9-25(10-12-26)16-5-6-20-18(24-16)27-7-3-4-8-27/h5-6,13H,3-4,7-12H2,1-2H3. The highest BCUT2D eigenvalue weighted by Gasteiger charge is 2.24. The predicted octanol–water partition coefficient (Wildman–Crippen LogP) is 1.46. The second-order valence-corrected chi connectivity index (χ2v) is 7.50. The molecule has 146 valence electrons. The van der Waals surface area contributed by atoms with Gasteiger partial charge in [-0.25, -0.2) is 9.97 Å². The first-order chi connectivity index (χ1) is 13.7. The molecule has 0 aliphatic carbocycles. The molecule has 2 aliphatic heterocycles. The quantitative estimate of drug-likeness (QED) is 0.677. The minimum Gasteiger partial charge on any atom is -0.353 e. The summed E-state index contributed by atoms with van der Waals surface area (Å²) in [5.41, 5.74) is 2.16. The van der Waals surface area contributed by atoms with Gasteiger partial charge in [-0.05, 0) is 32.8 Å². The van der Waals surface area contributed by atoms with Crippen LogP contribution in [0.25, 0.3) is 5.78 Å². The van der Waals surface area contributed by atoms with Gasteiger partial charge >= 0.3 is 0 Å². The molecular weight excluding hydrogens is 354 g/mol. The van der Waals surface area contributed by atoms with Crippen LogP contribution in [0.4, 0.5) is 17.6 Å². The van der Waals surface area contributed by atoms with Crippen LogP contribution in [0.1, 0.15) is 24.1 Å². The van der Waals surface area contributed by atoms with E-state index < -0.39 is 0 Å². The van der Waals surface area contributed by atoms with Gasteiger partial charge in [0.1, 0.15) is 18.0 Å². The normalized spacial score (nSPS) is 17.7. The molecule has 0 amide bonds. The molecule has 3 aromatic rings. The Labute approximate surface area is 164 Å². The Balaban J connectivity index is 1.35. The van der Waals surface area contributed by atoms with E-state index in [4.69, 9.17) is 4.98 Å². The van der Waals surface area contributed by atoms with E-state index in [9.17, 15) is 0 Å². The number of hydrogen-bond acceptors (Lipinski definition) is 8. The lowest BCUT2D eigenvalue weighted by molar-refractivity contribution is 0.630. The zero-order chi connectivity index (χ0) is 19.1. The summed E-state index contributed by atoms with van der Waals surface area (Å²) in [5.74, 6) is 3.64. The van der Waals surface area contributed by atoms with Crippen molar-refractivity contribution in [2.75, 3.05) is 54.0 Å². The van der Waals surface area contributed by atoms with Gasteiger partial charge in [0.2, 0.25) is 5.95 Å². The Kier molecular flexibility index (Phi) is 4.22. The Bertz CT molecular complexity index is 984. The van der Waals surface area contributed by atoms with Crippen molar-refractivity contribution in [3.63, 3.8) is 0 Å². The third-order valence-corrected chi connectivity index (χ3v) is 5.80. The molecule has 2 aliphatic rings. The highest BCUT2D eigenvalue weighted by molar-refractivity contribution is 5.55. The Hall–Kier alpha value is -2.97. The molecule has 2 saturated heterocycles. The van der Waals surface area contributed by atoms with Crippen LogP contribution < -0.4 is 14.7 Å². The molecule has 0 N–H and O–H groups in total. The van der Waals surface area contributed by atoms with E-state index in [1.54, 1.807) is 6.33 Å². The maximum Gasteiger partial charge on any atom is 0.254 e. The molecule has 9 heteroatoms. The fourth-order valence-corrected chi connectivity index (χ4v) is 4.12. The summed E-state index contributed by atoms with van der Waals surface area (Å²) in [7, 11) is 0. The molecule has 0 spiro atoms. The third kappa shape index (κ3) is 2.90. The second kappa shape index (κ2) is 6.88. The van der Waals surface area contributed by atoms with Gasteiger partial charge in [0.15, 0.2) is 0 Å². The van der Waals surface area contributed by atoms with E-state index in [1.165, 1.54) is 12.8 Å². The molecule has 9 nitrogen and oxygen atoms in total.